The summed E-state index contributed by atoms with van der Waals surface area (Å²) < 4.78 is 0. The van der Waals surface area contributed by atoms with Crippen molar-refractivity contribution in [3.63, 3.8) is 0 Å². The van der Waals surface area contributed by atoms with Gasteiger partial charge in [0.05, 0.1) is 12.3 Å². The van der Waals surface area contributed by atoms with E-state index in [2.05, 4.69) is 6.92 Å². The first-order chi connectivity index (χ1) is 13.4. The smallest absolute Gasteiger partial charge is 0.311 e. The van der Waals surface area contributed by atoms with E-state index in [0.29, 0.717) is 5.56 Å². The van der Waals surface area contributed by atoms with Gasteiger partial charge in [-0.15, -0.1) is 0 Å². The first kappa shape index (κ1) is 24.2. The van der Waals surface area contributed by atoms with Gasteiger partial charge in [-0.2, -0.15) is 0 Å². The molecule has 0 spiro atoms. The molecule has 0 aromatic heterocycles. The predicted octanol–water partition coefficient (Wildman–Crippen LogP) is 6.41. The van der Waals surface area contributed by atoms with Crippen LogP contribution >= 0.6 is 0 Å². The molecule has 1 aromatic carbocycles. The molecule has 1 aromatic rings. The van der Waals surface area contributed by atoms with Crippen LogP contribution in [0.15, 0.2) is 12.1 Å². The highest BCUT2D eigenvalue weighted by atomic mass is 16.4. The molecule has 28 heavy (non-hydrogen) atoms. The largest absolute Gasteiger partial charge is 0.481 e. The van der Waals surface area contributed by atoms with Crippen molar-refractivity contribution in [3.05, 3.63) is 34.4 Å². The summed E-state index contributed by atoms with van der Waals surface area (Å²) in [6, 6.07) is 3.72. The first-order valence-electron chi connectivity index (χ1n) is 10.9. The molecule has 0 saturated heterocycles. The summed E-state index contributed by atoms with van der Waals surface area (Å²) in [4.78, 5) is 22.8. The Morgan fingerprint density at radius 2 is 1.39 bits per heavy atom. The number of aliphatic carboxylic acids is 2. The summed E-state index contributed by atoms with van der Waals surface area (Å²) in [5, 5.41) is 18.7. The van der Waals surface area contributed by atoms with Crippen molar-refractivity contribution < 1.29 is 19.8 Å². The fourth-order valence-corrected chi connectivity index (χ4v) is 3.85. The van der Waals surface area contributed by atoms with E-state index >= 15 is 0 Å². The molecule has 0 aliphatic heterocycles. The summed E-state index contributed by atoms with van der Waals surface area (Å²) in [5.41, 5.74) is 3.94. The fourth-order valence-electron chi connectivity index (χ4n) is 3.85. The number of aryl methyl sites for hydroxylation is 1. The summed E-state index contributed by atoms with van der Waals surface area (Å²) in [5.74, 6) is -3.11. The normalized spacial score (nSPS) is 12.1. The minimum absolute atomic E-state index is 0.372. The molecule has 0 aliphatic carbocycles. The van der Waals surface area contributed by atoms with Crippen LogP contribution in [0.25, 0.3) is 0 Å². The van der Waals surface area contributed by atoms with E-state index in [-0.39, 0.29) is 6.42 Å². The lowest BCUT2D eigenvalue weighted by atomic mass is 9.85. The summed E-state index contributed by atoms with van der Waals surface area (Å²) in [6.07, 6.45) is 13.1. The van der Waals surface area contributed by atoms with Crippen molar-refractivity contribution in [1.29, 1.82) is 0 Å². The molecule has 4 nitrogen and oxygen atoms in total. The van der Waals surface area contributed by atoms with Crippen molar-refractivity contribution >= 4 is 11.9 Å². The maximum atomic E-state index is 11.7. The van der Waals surface area contributed by atoms with Crippen LogP contribution in [0.5, 0.6) is 0 Å². The molecule has 4 heteroatoms. The van der Waals surface area contributed by atoms with Gasteiger partial charge in [-0.25, -0.2) is 0 Å². The van der Waals surface area contributed by atoms with E-state index < -0.39 is 17.9 Å². The number of unbranched alkanes of at least 4 members (excludes halogenated alkanes) is 9. The average Bonchev–Trinajstić information content (AvgIpc) is 2.64. The maximum Gasteiger partial charge on any atom is 0.311 e. The summed E-state index contributed by atoms with van der Waals surface area (Å²) in [7, 11) is 0. The van der Waals surface area contributed by atoms with Gasteiger partial charge in [-0.1, -0.05) is 76.8 Å². The Balaban J connectivity index is 2.59. The Morgan fingerprint density at radius 3 is 1.89 bits per heavy atom. The number of carbonyl (C=O) groups is 2. The molecule has 1 atom stereocenters. The van der Waals surface area contributed by atoms with Crippen molar-refractivity contribution in [3.8, 4) is 0 Å². The lowest BCUT2D eigenvalue weighted by Gasteiger charge is -2.19. The van der Waals surface area contributed by atoms with Crippen LogP contribution in [0.3, 0.4) is 0 Å². The summed E-state index contributed by atoms with van der Waals surface area (Å²) >= 11 is 0. The molecule has 2 N–H and O–H groups in total. The van der Waals surface area contributed by atoms with Gasteiger partial charge in [0.2, 0.25) is 0 Å². The highest BCUT2D eigenvalue weighted by molar-refractivity contribution is 5.83. The molecule has 1 rings (SSSR count). The van der Waals surface area contributed by atoms with Gasteiger partial charge in [-0.3, -0.25) is 9.59 Å². The maximum absolute atomic E-state index is 11.7. The van der Waals surface area contributed by atoms with Crippen LogP contribution in [0, 0.1) is 13.8 Å². The van der Waals surface area contributed by atoms with Gasteiger partial charge in [-0.05, 0) is 48.9 Å². The standard InChI is InChI=1S/C24H38O4/c1-4-5-6-7-8-9-10-11-12-13-14-20-19(3)18(2)15-16-21(20)22(24(27)28)17-23(25)26/h15-16,22H,4-14,17H2,1-3H3,(H,25,26)(H,27,28). The fraction of sp³-hybridized carbons (Fsp3) is 0.667. The highest BCUT2D eigenvalue weighted by Gasteiger charge is 2.26. The number of hydrogen-bond acceptors (Lipinski definition) is 2. The lowest BCUT2D eigenvalue weighted by molar-refractivity contribution is -0.145. The van der Waals surface area contributed by atoms with E-state index in [0.717, 1.165) is 36.0 Å². The Hall–Kier alpha value is -1.84. The predicted molar refractivity (Wildman–Crippen MR) is 114 cm³/mol. The van der Waals surface area contributed by atoms with Gasteiger partial charge >= 0.3 is 11.9 Å². The van der Waals surface area contributed by atoms with E-state index in [4.69, 9.17) is 5.11 Å². The molecule has 0 saturated carbocycles. The van der Waals surface area contributed by atoms with E-state index in [1.165, 1.54) is 51.4 Å². The van der Waals surface area contributed by atoms with Crippen LogP contribution in [0.1, 0.15) is 106 Å². The molecule has 0 amide bonds. The first-order valence-corrected chi connectivity index (χ1v) is 10.9. The average molecular weight is 391 g/mol. The molecule has 0 bridgehead atoms. The summed E-state index contributed by atoms with van der Waals surface area (Å²) in [6.45, 7) is 6.28. The molecule has 0 radical (unpaired) electrons. The minimum atomic E-state index is -1.07. The van der Waals surface area contributed by atoms with E-state index in [1.807, 2.05) is 26.0 Å². The molecule has 0 aliphatic rings. The Bertz CT molecular complexity index is 621. The highest BCUT2D eigenvalue weighted by Crippen LogP contribution is 2.29. The Labute approximate surface area is 170 Å². The van der Waals surface area contributed by atoms with Crippen molar-refractivity contribution in [2.75, 3.05) is 0 Å². The van der Waals surface area contributed by atoms with Crippen molar-refractivity contribution in [1.82, 2.24) is 0 Å². The third kappa shape index (κ3) is 8.45. The monoisotopic (exact) mass is 390 g/mol. The zero-order valence-electron chi connectivity index (χ0n) is 17.9. The zero-order valence-corrected chi connectivity index (χ0v) is 17.9. The molecule has 0 fully saturated rings. The number of carboxylic acids is 2. The number of benzene rings is 1. The lowest BCUT2D eigenvalue weighted by Crippen LogP contribution is -2.18. The van der Waals surface area contributed by atoms with Crippen LogP contribution in [-0.2, 0) is 16.0 Å². The van der Waals surface area contributed by atoms with Gasteiger partial charge in [0.15, 0.2) is 0 Å². The van der Waals surface area contributed by atoms with Crippen LogP contribution in [0.4, 0.5) is 0 Å². The van der Waals surface area contributed by atoms with Gasteiger partial charge in [0.1, 0.15) is 0 Å². The topological polar surface area (TPSA) is 74.6 Å². The van der Waals surface area contributed by atoms with Crippen LogP contribution in [0.2, 0.25) is 0 Å². The van der Waals surface area contributed by atoms with Crippen LogP contribution in [-0.4, -0.2) is 22.2 Å². The van der Waals surface area contributed by atoms with Gasteiger partial charge in [0.25, 0.3) is 0 Å². The third-order valence-corrected chi connectivity index (χ3v) is 5.74. The second kappa shape index (κ2) is 13.4. The second-order valence-electron chi connectivity index (χ2n) is 8.00. The van der Waals surface area contributed by atoms with E-state index in [1.54, 1.807) is 0 Å². The number of rotatable bonds is 15. The minimum Gasteiger partial charge on any atom is -0.481 e. The zero-order chi connectivity index (χ0) is 20.9. The van der Waals surface area contributed by atoms with Crippen LogP contribution < -0.4 is 0 Å². The van der Waals surface area contributed by atoms with Crippen molar-refractivity contribution in [2.24, 2.45) is 0 Å². The quantitative estimate of drug-likeness (QED) is 0.339. The molecule has 0 heterocycles. The molecule has 1 unspecified atom stereocenters. The van der Waals surface area contributed by atoms with E-state index in [9.17, 15) is 14.7 Å². The third-order valence-electron chi connectivity index (χ3n) is 5.74. The Morgan fingerprint density at radius 1 is 0.857 bits per heavy atom. The second-order valence-corrected chi connectivity index (χ2v) is 8.00. The molecular formula is C24H38O4. The van der Waals surface area contributed by atoms with Gasteiger partial charge < -0.3 is 10.2 Å². The van der Waals surface area contributed by atoms with Crippen molar-refractivity contribution in [2.45, 2.75) is 104 Å². The SMILES string of the molecule is CCCCCCCCCCCCc1c(C(CC(=O)O)C(=O)O)ccc(C)c1C. The Kier molecular flexibility index (Phi) is 11.5. The number of carboxylic acid groups (broad SMARTS) is 2. The number of hydrogen-bond donors (Lipinski definition) is 2. The molecular weight excluding hydrogens is 352 g/mol. The van der Waals surface area contributed by atoms with Gasteiger partial charge in [0, 0.05) is 0 Å². The molecule has 158 valence electrons.